The van der Waals surface area contributed by atoms with Gasteiger partial charge >= 0.3 is 0 Å². The predicted octanol–water partition coefficient (Wildman–Crippen LogP) is 7.86. The number of Topliss-reactive ketones (excluding diaryl/α,β-unsaturated/α-hetero) is 2. The zero-order valence-electron chi connectivity index (χ0n) is 23.1. The monoisotopic (exact) mass is 544 g/mol. The molecule has 0 fully saturated rings. The van der Waals surface area contributed by atoms with E-state index in [1.165, 1.54) is 0 Å². The van der Waals surface area contributed by atoms with Gasteiger partial charge in [-0.1, -0.05) is 92.8 Å². The summed E-state index contributed by atoms with van der Waals surface area (Å²) < 4.78 is 0. The van der Waals surface area contributed by atoms with Gasteiger partial charge in [0, 0.05) is 22.3 Å². The molecular formula is C36H24N4O2. The van der Waals surface area contributed by atoms with Crippen LogP contribution in [0, 0.1) is 47.1 Å². The molecule has 0 aromatic heterocycles. The Morgan fingerprint density at radius 1 is 0.881 bits per heavy atom. The number of allylic oxidation sites excluding steroid dienone is 12. The van der Waals surface area contributed by atoms with Gasteiger partial charge in [-0.2, -0.15) is 0 Å². The Bertz CT molecular complexity index is 1900. The van der Waals surface area contributed by atoms with Gasteiger partial charge in [-0.05, 0) is 46.1 Å². The topological polar surface area (TPSA) is 90.4 Å². The molecule has 6 nitrogen and oxygen atoms in total. The molecule has 1 atom stereocenters. The van der Waals surface area contributed by atoms with E-state index in [0.29, 0.717) is 39.0 Å². The largest absolute Gasteiger partial charge is 0.293 e. The molecule has 0 bridgehead atoms. The second kappa shape index (κ2) is 11.0. The van der Waals surface area contributed by atoms with Gasteiger partial charge < -0.3 is 0 Å². The van der Waals surface area contributed by atoms with Crippen LogP contribution in [0.15, 0.2) is 107 Å². The summed E-state index contributed by atoms with van der Waals surface area (Å²) in [6.07, 6.45) is 10.7. The van der Waals surface area contributed by atoms with Crippen molar-refractivity contribution in [2.45, 2.75) is 26.7 Å². The fourth-order valence-electron chi connectivity index (χ4n) is 5.99. The Hall–Kier alpha value is -5.82. The van der Waals surface area contributed by atoms with Crippen molar-refractivity contribution in [2.24, 2.45) is 11.3 Å². The number of rotatable bonds is 3. The number of carbonyl (C=O) groups is 2. The van der Waals surface area contributed by atoms with Gasteiger partial charge in [-0.3, -0.25) is 9.59 Å². The fraction of sp³-hybridized carbons (Fsp3) is 0.167. The quantitative estimate of drug-likeness (QED) is 0.223. The molecule has 6 heteroatoms. The van der Waals surface area contributed by atoms with Gasteiger partial charge in [0.05, 0.1) is 31.2 Å². The maximum absolute atomic E-state index is 13.3. The van der Waals surface area contributed by atoms with Gasteiger partial charge in [-0.25, -0.2) is 20.2 Å². The SMILES string of the molecule is [C-]#[N+]C(C#N)=C1C(=CC=C2C=C(C=CC3C(=O)c4ccccc4C3=C(C#N)[N+]#[C-])CC(C)(C)C2)C(=O)c2ccccc21. The van der Waals surface area contributed by atoms with Crippen LogP contribution in [0.4, 0.5) is 0 Å². The lowest BCUT2D eigenvalue weighted by Gasteiger charge is -2.30. The number of carbonyl (C=O) groups excluding carboxylic acids is 2. The number of nitriles is 2. The van der Waals surface area contributed by atoms with Gasteiger partial charge in [0.25, 0.3) is 11.4 Å². The molecule has 0 spiro atoms. The smallest absolute Gasteiger partial charge is 0.270 e. The molecule has 0 aliphatic heterocycles. The van der Waals surface area contributed by atoms with Crippen LogP contribution in [0.2, 0.25) is 0 Å². The lowest BCUT2D eigenvalue weighted by molar-refractivity contribution is 0.0975. The van der Waals surface area contributed by atoms with E-state index in [4.69, 9.17) is 13.1 Å². The van der Waals surface area contributed by atoms with E-state index in [1.807, 2.05) is 30.4 Å². The van der Waals surface area contributed by atoms with Crippen molar-refractivity contribution in [3.63, 3.8) is 0 Å². The van der Waals surface area contributed by atoms with Gasteiger partial charge in [0.15, 0.2) is 11.6 Å². The Labute approximate surface area is 244 Å². The highest BCUT2D eigenvalue weighted by Gasteiger charge is 2.36. The van der Waals surface area contributed by atoms with Crippen molar-refractivity contribution in [2.75, 3.05) is 0 Å². The molecule has 0 heterocycles. The first-order valence-corrected chi connectivity index (χ1v) is 13.3. The number of hydrogen-bond acceptors (Lipinski definition) is 4. The first-order chi connectivity index (χ1) is 20.2. The molecular weight excluding hydrogens is 520 g/mol. The third-order valence-corrected chi connectivity index (χ3v) is 7.66. The Morgan fingerprint density at radius 3 is 2.14 bits per heavy atom. The lowest BCUT2D eigenvalue weighted by Crippen LogP contribution is -2.17. The molecule has 5 rings (SSSR count). The molecule has 3 aliphatic carbocycles. The van der Waals surface area contributed by atoms with Crippen LogP contribution in [-0.4, -0.2) is 11.6 Å². The molecule has 1 unspecified atom stereocenters. The summed E-state index contributed by atoms with van der Waals surface area (Å²) in [6, 6.07) is 17.9. The fourth-order valence-corrected chi connectivity index (χ4v) is 5.99. The Kier molecular flexibility index (Phi) is 7.25. The highest BCUT2D eigenvalue weighted by molar-refractivity contribution is 6.27. The molecule has 0 saturated carbocycles. The second-order valence-electron chi connectivity index (χ2n) is 11.1. The molecule has 3 aliphatic rings. The summed E-state index contributed by atoms with van der Waals surface area (Å²) in [6.45, 7) is 19.2. The molecule has 0 saturated heterocycles. The summed E-state index contributed by atoms with van der Waals surface area (Å²) >= 11 is 0. The molecule has 0 amide bonds. The van der Waals surface area contributed by atoms with Crippen LogP contribution in [0.25, 0.3) is 20.8 Å². The molecule has 42 heavy (non-hydrogen) atoms. The molecule has 0 radical (unpaired) electrons. The van der Waals surface area contributed by atoms with Crippen LogP contribution in [0.3, 0.4) is 0 Å². The molecule has 200 valence electrons. The van der Waals surface area contributed by atoms with E-state index in [-0.39, 0.29) is 28.4 Å². The van der Waals surface area contributed by atoms with Crippen molar-refractivity contribution in [3.8, 4) is 12.1 Å². The average molecular weight is 545 g/mol. The van der Waals surface area contributed by atoms with Gasteiger partial charge in [-0.15, -0.1) is 0 Å². The van der Waals surface area contributed by atoms with E-state index in [1.54, 1.807) is 60.7 Å². The number of ketones is 2. The Morgan fingerprint density at radius 2 is 1.50 bits per heavy atom. The molecule has 2 aromatic rings. The van der Waals surface area contributed by atoms with Crippen molar-refractivity contribution >= 4 is 22.7 Å². The highest BCUT2D eigenvalue weighted by Crippen LogP contribution is 2.43. The van der Waals surface area contributed by atoms with Crippen LogP contribution in [0.5, 0.6) is 0 Å². The zero-order chi connectivity index (χ0) is 30.0. The van der Waals surface area contributed by atoms with Crippen LogP contribution in [0.1, 0.15) is 58.5 Å². The van der Waals surface area contributed by atoms with Crippen molar-refractivity contribution in [1.82, 2.24) is 0 Å². The minimum atomic E-state index is -0.730. The number of hydrogen-bond donors (Lipinski definition) is 0. The second-order valence-corrected chi connectivity index (χ2v) is 11.1. The van der Waals surface area contributed by atoms with E-state index in [9.17, 15) is 20.1 Å². The van der Waals surface area contributed by atoms with Gasteiger partial charge in [0.1, 0.15) is 0 Å². The zero-order valence-corrected chi connectivity index (χ0v) is 23.1. The van der Waals surface area contributed by atoms with Gasteiger partial charge in [0.2, 0.25) is 0 Å². The summed E-state index contributed by atoms with van der Waals surface area (Å²) in [5.41, 5.74) is 4.89. The van der Waals surface area contributed by atoms with Crippen molar-refractivity contribution in [1.29, 1.82) is 10.5 Å². The third kappa shape index (κ3) is 4.84. The third-order valence-electron chi connectivity index (χ3n) is 7.66. The van der Waals surface area contributed by atoms with Crippen LogP contribution < -0.4 is 0 Å². The van der Waals surface area contributed by atoms with Crippen LogP contribution >= 0.6 is 0 Å². The van der Waals surface area contributed by atoms with Crippen molar-refractivity contribution < 1.29 is 9.59 Å². The maximum Gasteiger partial charge on any atom is 0.270 e. The standard InChI is InChI=1S/C36H24N4O2/c1-36(2)18-22(13-15-28-32(30(20-37)39-3)24-9-5-7-11-26(24)34(28)41)17-23(19-36)14-16-29-33(31(21-38)40-4)25-10-6-8-12-27(25)35(29)42/h5-17,28H,18-19H2,1-2H3. The minimum Gasteiger partial charge on any atom is -0.293 e. The summed E-state index contributed by atoms with van der Waals surface area (Å²) in [4.78, 5) is 33.3. The summed E-state index contributed by atoms with van der Waals surface area (Å²) in [7, 11) is 0. The predicted molar refractivity (Wildman–Crippen MR) is 160 cm³/mol. The maximum atomic E-state index is 13.3. The molecule has 0 N–H and O–H groups in total. The van der Waals surface area contributed by atoms with Crippen LogP contribution in [-0.2, 0) is 0 Å². The van der Waals surface area contributed by atoms with Crippen molar-refractivity contribution in [3.05, 3.63) is 152 Å². The van der Waals surface area contributed by atoms with E-state index in [0.717, 1.165) is 24.0 Å². The first kappa shape index (κ1) is 27.7. The summed E-state index contributed by atoms with van der Waals surface area (Å²) in [5.74, 6) is -1.09. The number of benzene rings is 2. The Balaban J connectivity index is 1.54. The molecule has 2 aromatic carbocycles. The van der Waals surface area contributed by atoms with E-state index < -0.39 is 5.92 Å². The van der Waals surface area contributed by atoms with E-state index >= 15 is 0 Å². The minimum absolute atomic E-state index is 0.0876. The lowest BCUT2D eigenvalue weighted by atomic mass is 9.75. The normalized spacial score (nSPS) is 23.0. The number of fused-ring (bicyclic) bond motifs is 2. The number of nitrogens with zero attached hydrogens (tertiary/aromatic N) is 4. The highest BCUT2D eigenvalue weighted by atomic mass is 16.1. The summed E-state index contributed by atoms with van der Waals surface area (Å²) in [5, 5.41) is 19.2. The average Bonchev–Trinajstić information content (AvgIpc) is 3.42. The van der Waals surface area contributed by atoms with E-state index in [2.05, 4.69) is 23.5 Å². The first-order valence-electron chi connectivity index (χ1n) is 13.3.